The number of methoxy groups -OCH3 is 1. The molecule has 0 bridgehead atoms. The smallest absolute Gasteiger partial charge is 0.131 e. The van der Waals surface area contributed by atoms with Crippen molar-refractivity contribution in [1.29, 1.82) is 0 Å². The largest absolute Gasteiger partial charge is 0.496 e. The number of ether oxygens (including phenoxy) is 1. The second kappa shape index (κ2) is 6.86. The maximum absolute atomic E-state index is 14.3. The van der Waals surface area contributed by atoms with Gasteiger partial charge in [0.05, 0.1) is 7.11 Å². The summed E-state index contributed by atoms with van der Waals surface area (Å²) in [5.41, 5.74) is 1.71. The number of nitrogens with zero attached hydrogens (tertiary/aromatic N) is 1. The molecule has 110 valence electrons. The third-order valence-electron chi connectivity index (χ3n) is 3.70. The van der Waals surface area contributed by atoms with E-state index in [9.17, 15) is 4.39 Å². The molecule has 0 amide bonds. The van der Waals surface area contributed by atoms with E-state index in [0.29, 0.717) is 11.3 Å². The van der Waals surface area contributed by atoms with Gasteiger partial charge in [-0.05, 0) is 25.5 Å². The fourth-order valence-corrected chi connectivity index (χ4v) is 2.76. The van der Waals surface area contributed by atoms with E-state index in [4.69, 9.17) is 4.74 Å². The molecule has 1 aliphatic heterocycles. The number of halogens is 1. The highest BCUT2D eigenvalue weighted by Gasteiger charge is 2.27. The summed E-state index contributed by atoms with van der Waals surface area (Å²) in [6.07, 6.45) is 0.747. The first-order valence-electron chi connectivity index (χ1n) is 7.05. The minimum Gasteiger partial charge on any atom is -0.496 e. The van der Waals surface area contributed by atoms with Crippen LogP contribution in [-0.2, 0) is 0 Å². The third kappa shape index (κ3) is 3.38. The predicted octanol–water partition coefficient (Wildman–Crippen LogP) is 2.75. The maximum Gasteiger partial charge on any atom is 0.131 e. The molecule has 1 N–H and O–H groups in total. The number of hydrogen-bond acceptors (Lipinski definition) is 3. The molecule has 1 aromatic rings. The summed E-state index contributed by atoms with van der Waals surface area (Å²) >= 11 is 0. The first kappa shape index (κ1) is 15.0. The standard InChI is InChI=1S/C16H23FN2O/c1-12(2)11-14(19-9-7-18-8-10-19)16-13(17)5-4-6-15(16)20-3/h4-6,14,18H,1,7-11H2,2-3H3/t14-/m1/s1. The summed E-state index contributed by atoms with van der Waals surface area (Å²) in [5.74, 6) is 0.420. The van der Waals surface area contributed by atoms with Crippen molar-refractivity contribution in [2.75, 3.05) is 33.3 Å². The van der Waals surface area contributed by atoms with E-state index in [1.54, 1.807) is 13.2 Å². The Kier molecular flexibility index (Phi) is 5.15. The van der Waals surface area contributed by atoms with Crippen LogP contribution in [0.1, 0.15) is 24.9 Å². The SMILES string of the molecule is C=C(C)C[C@H](c1c(F)cccc1OC)N1CCNCC1. The predicted molar refractivity (Wildman–Crippen MR) is 79.6 cm³/mol. The van der Waals surface area contributed by atoms with Gasteiger partial charge in [-0.1, -0.05) is 11.6 Å². The van der Waals surface area contributed by atoms with Crippen molar-refractivity contribution in [3.63, 3.8) is 0 Å². The molecule has 1 aliphatic rings. The summed E-state index contributed by atoms with van der Waals surface area (Å²) in [6, 6.07) is 5.01. The first-order chi connectivity index (χ1) is 9.63. The molecule has 2 rings (SSSR count). The summed E-state index contributed by atoms with van der Waals surface area (Å²) in [4.78, 5) is 2.31. The maximum atomic E-state index is 14.3. The lowest BCUT2D eigenvalue weighted by atomic mass is 9.96. The van der Waals surface area contributed by atoms with Crippen molar-refractivity contribution in [2.24, 2.45) is 0 Å². The van der Waals surface area contributed by atoms with E-state index in [1.807, 2.05) is 13.0 Å². The van der Waals surface area contributed by atoms with Gasteiger partial charge >= 0.3 is 0 Å². The van der Waals surface area contributed by atoms with Gasteiger partial charge in [0.25, 0.3) is 0 Å². The van der Waals surface area contributed by atoms with E-state index in [1.165, 1.54) is 6.07 Å². The van der Waals surface area contributed by atoms with Crippen molar-refractivity contribution < 1.29 is 9.13 Å². The van der Waals surface area contributed by atoms with Crippen molar-refractivity contribution in [1.82, 2.24) is 10.2 Å². The molecule has 0 radical (unpaired) electrons. The zero-order valence-electron chi connectivity index (χ0n) is 12.3. The number of rotatable bonds is 5. The van der Waals surface area contributed by atoms with Crippen LogP contribution in [-0.4, -0.2) is 38.2 Å². The molecule has 0 saturated carbocycles. The summed E-state index contributed by atoms with van der Waals surface area (Å²) in [5, 5.41) is 3.33. The minimum absolute atomic E-state index is 0.00856. The zero-order chi connectivity index (χ0) is 14.5. The van der Waals surface area contributed by atoms with Gasteiger partial charge in [-0.25, -0.2) is 4.39 Å². The first-order valence-corrected chi connectivity index (χ1v) is 7.05. The Bertz CT molecular complexity index is 470. The van der Waals surface area contributed by atoms with Crippen LogP contribution < -0.4 is 10.1 Å². The van der Waals surface area contributed by atoms with E-state index in [-0.39, 0.29) is 11.9 Å². The lowest BCUT2D eigenvalue weighted by Crippen LogP contribution is -2.45. The Labute approximate surface area is 120 Å². The molecule has 4 heteroatoms. The lowest BCUT2D eigenvalue weighted by Gasteiger charge is -2.36. The zero-order valence-corrected chi connectivity index (χ0v) is 12.3. The van der Waals surface area contributed by atoms with Gasteiger partial charge in [0.15, 0.2) is 0 Å². The molecule has 0 aliphatic carbocycles. The van der Waals surface area contributed by atoms with Gasteiger partial charge in [0, 0.05) is 37.8 Å². The van der Waals surface area contributed by atoms with Crippen LogP contribution >= 0.6 is 0 Å². The van der Waals surface area contributed by atoms with Crippen molar-refractivity contribution in [3.8, 4) is 5.75 Å². The number of nitrogens with one attached hydrogen (secondary N) is 1. The molecule has 1 saturated heterocycles. The molecule has 0 aromatic heterocycles. The Morgan fingerprint density at radius 1 is 1.45 bits per heavy atom. The molecule has 1 atom stereocenters. The van der Waals surface area contributed by atoms with Crippen molar-refractivity contribution >= 4 is 0 Å². The highest BCUT2D eigenvalue weighted by atomic mass is 19.1. The van der Waals surface area contributed by atoms with Crippen LogP contribution in [0.2, 0.25) is 0 Å². The molecule has 1 heterocycles. The second-order valence-electron chi connectivity index (χ2n) is 5.32. The topological polar surface area (TPSA) is 24.5 Å². The van der Waals surface area contributed by atoms with Gasteiger partial charge in [0.2, 0.25) is 0 Å². The van der Waals surface area contributed by atoms with E-state index in [2.05, 4.69) is 16.8 Å². The third-order valence-corrected chi connectivity index (χ3v) is 3.70. The van der Waals surface area contributed by atoms with Crippen LogP contribution in [0, 0.1) is 5.82 Å². The molecule has 1 fully saturated rings. The van der Waals surface area contributed by atoms with Gasteiger partial charge < -0.3 is 10.1 Å². The average Bonchev–Trinajstić information content (AvgIpc) is 2.45. The summed E-state index contributed by atoms with van der Waals surface area (Å²) < 4.78 is 19.7. The number of benzene rings is 1. The Hall–Kier alpha value is -1.39. The van der Waals surface area contributed by atoms with Crippen LogP contribution in [0.15, 0.2) is 30.4 Å². The molecule has 0 spiro atoms. The van der Waals surface area contributed by atoms with Crippen molar-refractivity contribution in [3.05, 3.63) is 41.7 Å². The van der Waals surface area contributed by atoms with Gasteiger partial charge in [-0.2, -0.15) is 0 Å². The second-order valence-corrected chi connectivity index (χ2v) is 5.32. The molecule has 0 unspecified atom stereocenters. The van der Waals surface area contributed by atoms with Gasteiger partial charge in [-0.15, -0.1) is 6.58 Å². The van der Waals surface area contributed by atoms with E-state index >= 15 is 0 Å². The van der Waals surface area contributed by atoms with Crippen molar-refractivity contribution in [2.45, 2.75) is 19.4 Å². The monoisotopic (exact) mass is 278 g/mol. The van der Waals surface area contributed by atoms with Crippen LogP contribution in [0.5, 0.6) is 5.75 Å². The Balaban J connectivity index is 2.37. The molecule has 20 heavy (non-hydrogen) atoms. The summed E-state index contributed by atoms with van der Waals surface area (Å²) in [7, 11) is 1.59. The van der Waals surface area contributed by atoms with E-state index in [0.717, 1.165) is 38.2 Å². The molecular weight excluding hydrogens is 255 g/mol. The highest BCUT2D eigenvalue weighted by molar-refractivity contribution is 5.38. The van der Waals surface area contributed by atoms with Crippen LogP contribution in [0.4, 0.5) is 4.39 Å². The quantitative estimate of drug-likeness (QED) is 0.838. The fourth-order valence-electron chi connectivity index (χ4n) is 2.76. The molecular formula is C16H23FN2O. The van der Waals surface area contributed by atoms with Crippen LogP contribution in [0.25, 0.3) is 0 Å². The highest BCUT2D eigenvalue weighted by Crippen LogP contribution is 2.35. The van der Waals surface area contributed by atoms with Crippen LogP contribution in [0.3, 0.4) is 0 Å². The Morgan fingerprint density at radius 2 is 2.15 bits per heavy atom. The van der Waals surface area contributed by atoms with Gasteiger partial charge in [0.1, 0.15) is 11.6 Å². The molecule has 1 aromatic carbocycles. The summed E-state index contributed by atoms with van der Waals surface area (Å²) in [6.45, 7) is 9.68. The average molecular weight is 278 g/mol. The number of hydrogen-bond donors (Lipinski definition) is 1. The Morgan fingerprint density at radius 3 is 2.75 bits per heavy atom. The fraction of sp³-hybridized carbons (Fsp3) is 0.500. The lowest BCUT2D eigenvalue weighted by molar-refractivity contribution is 0.166. The van der Waals surface area contributed by atoms with E-state index < -0.39 is 0 Å². The minimum atomic E-state index is -0.200. The van der Waals surface area contributed by atoms with Gasteiger partial charge in [-0.3, -0.25) is 4.90 Å². The molecule has 3 nitrogen and oxygen atoms in total. The normalized spacial score (nSPS) is 17.8. The number of piperazine rings is 1.